The molecule has 3 fully saturated rings. The van der Waals surface area contributed by atoms with Crippen LogP contribution in [0.1, 0.15) is 37.7 Å². The number of aromatic nitrogens is 3. The number of anilines is 3. The number of hydrogen-bond acceptors (Lipinski definition) is 7. The van der Waals surface area contributed by atoms with E-state index in [0.29, 0.717) is 18.0 Å². The summed E-state index contributed by atoms with van der Waals surface area (Å²) in [5.41, 5.74) is 4.36. The van der Waals surface area contributed by atoms with E-state index in [9.17, 15) is 0 Å². The molecule has 8 heteroatoms. The molecule has 1 N–H and O–H groups in total. The zero-order valence-electron chi connectivity index (χ0n) is 21.6. The van der Waals surface area contributed by atoms with Gasteiger partial charge in [0.1, 0.15) is 11.4 Å². The molecular weight excluding hydrogens is 452 g/mol. The molecule has 3 aromatic rings. The summed E-state index contributed by atoms with van der Waals surface area (Å²) in [6.07, 6.45) is 10.2. The molecule has 1 saturated carbocycles. The maximum atomic E-state index is 6.45. The Bertz CT molecular complexity index is 1190. The first-order chi connectivity index (χ1) is 17.6. The standard InChI is InChI=1S/C28H38N6O2/c1-20-18-34(19-21-8-14-35-15-9-21)27-24(20)17-29-28(31-27)30-25-7-6-22(33-12-10-32(2)11-13-33)16-26(25)36-23-4-3-5-23/h6-7,16-18,21,23H,3-5,8-15,19H2,1-2H3,(H,29,30,31). The van der Waals surface area contributed by atoms with Gasteiger partial charge in [0.15, 0.2) is 0 Å². The van der Waals surface area contributed by atoms with E-state index >= 15 is 0 Å². The van der Waals surface area contributed by atoms with E-state index in [0.717, 1.165) is 94.1 Å². The Morgan fingerprint density at radius 2 is 1.89 bits per heavy atom. The SMILES string of the molecule is Cc1cn(CC2CCOCC2)c2nc(Nc3ccc(N4CCN(C)CC4)cc3OC3CCC3)ncc12. The van der Waals surface area contributed by atoms with Crippen LogP contribution in [0.3, 0.4) is 0 Å². The van der Waals surface area contributed by atoms with Gasteiger partial charge in [0.05, 0.1) is 11.8 Å². The van der Waals surface area contributed by atoms with E-state index in [1.54, 1.807) is 0 Å². The van der Waals surface area contributed by atoms with Crippen molar-refractivity contribution < 1.29 is 9.47 Å². The lowest BCUT2D eigenvalue weighted by Gasteiger charge is -2.35. The van der Waals surface area contributed by atoms with Gasteiger partial charge in [0, 0.05) is 75.5 Å². The summed E-state index contributed by atoms with van der Waals surface area (Å²) in [6.45, 7) is 9.07. The molecule has 0 atom stereocenters. The molecule has 0 spiro atoms. The van der Waals surface area contributed by atoms with Crippen LogP contribution in [-0.2, 0) is 11.3 Å². The van der Waals surface area contributed by atoms with Gasteiger partial charge in [-0.15, -0.1) is 0 Å². The van der Waals surface area contributed by atoms with Crippen LogP contribution >= 0.6 is 0 Å². The van der Waals surface area contributed by atoms with Gasteiger partial charge < -0.3 is 29.2 Å². The van der Waals surface area contributed by atoms with E-state index in [2.05, 4.69) is 63.0 Å². The molecule has 8 nitrogen and oxygen atoms in total. The number of piperazine rings is 1. The third-order valence-corrected chi connectivity index (χ3v) is 8.04. The number of rotatable bonds is 7. The van der Waals surface area contributed by atoms with Crippen LogP contribution in [0.4, 0.5) is 17.3 Å². The summed E-state index contributed by atoms with van der Waals surface area (Å²) >= 11 is 0. The third-order valence-electron chi connectivity index (χ3n) is 8.04. The van der Waals surface area contributed by atoms with Crippen LogP contribution in [0.15, 0.2) is 30.6 Å². The Hall–Kier alpha value is -2.84. The van der Waals surface area contributed by atoms with Crippen LogP contribution in [-0.4, -0.2) is 72.0 Å². The fourth-order valence-corrected chi connectivity index (χ4v) is 5.40. The normalized spacial score (nSPS) is 20.0. The van der Waals surface area contributed by atoms with Gasteiger partial charge in [0.2, 0.25) is 5.95 Å². The van der Waals surface area contributed by atoms with E-state index in [4.69, 9.17) is 14.5 Å². The Labute approximate surface area is 213 Å². The van der Waals surface area contributed by atoms with Gasteiger partial charge in [-0.2, -0.15) is 4.98 Å². The molecule has 192 valence electrons. The predicted octanol–water partition coefficient (Wildman–Crippen LogP) is 4.59. The second kappa shape index (κ2) is 10.3. The topological polar surface area (TPSA) is 67.7 Å². The van der Waals surface area contributed by atoms with Crippen molar-refractivity contribution in [1.29, 1.82) is 0 Å². The lowest BCUT2D eigenvalue weighted by Crippen LogP contribution is -2.44. The molecule has 3 aliphatic rings. The Morgan fingerprint density at radius 1 is 1.08 bits per heavy atom. The van der Waals surface area contributed by atoms with Crippen molar-refractivity contribution in [3.8, 4) is 5.75 Å². The Balaban J connectivity index is 1.26. The number of likely N-dealkylation sites (N-methyl/N-ethyl adjacent to an activating group) is 1. The minimum absolute atomic E-state index is 0.302. The maximum absolute atomic E-state index is 6.45. The molecule has 0 radical (unpaired) electrons. The summed E-state index contributed by atoms with van der Waals surface area (Å²) in [6, 6.07) is 6.52. The molecule has 6 rings (SSSR count). The van der Waals surface area contributed by atoms with Crippen molar-refractivity contribution >= 4 is 28.4 Å². The van der Waals surface area contributed by atoms with Crippen molar-refractivity contribution in [3.05, 3.63) is 36.2 Å². The Morgan fingerprint density at radius 3 is 2.64 bits per heavy atom. The Kier molecular flexibility index (Phi) is 6.71. The highest BCUT2D eigenvalue weighted by molar-refractivity contribution is 5.81. The summed E-state index contributed by atoms with van der Waals surface area (Å²) in [5.74, 6) is 2.14. The van der Waals surface area contributed by atoms with Crippen LogP contribution in [0.2, 0.25) is 0 Å². The first kappa shape index (κ1) is 23.6. The monoisotopic (exact) mass is 490 g/mol. The molecule has 0 amide bonds. The molecule has 36 heavy (non-hydrogen) atoms. The first-order valence-electron chi connectivity index (χ1n) is 13.5. The van der Waals surface area contributed by atoms with Crippen molar-refractivity contribution in [2.24, 2.45) is 5.92 Å². The van der Waals surface area contributed by atoms with Gasteiger partial charge in [0.25, 0.3) is 0 Å². The van der Waals surface area contributed by atoms with Gasteiger partial charge in [-0.25, -0.2) is 4.98 Å². The molecule has 1 aliphatic carbocycles. The van der Waals surface area contributed by atoms with Gasteiger partial charge in [-0.05, 0) is 69.7 Å². The summed E-state index contributed by atoms with van der Waals surface area (Å²) in [5, 5.41) is 4.60. The third kappa shape index (κ3) is 5.02. The van der Waals surface area contributed by atoms with Crippen LogP contribution < -0.4 is 15.0 Å². The molecular formula is C28H38N6O2. The molecule has 4 heterocycles. The van der Waals surface area contributed by atoms with Crippen LogP contribution in [0.25, 0.3) is 11.0 Å². The van der Waals surface area contributed by atoms with E-state index < -0.39 is 0 Å². The van der Waals surface area contributed by atoms with Gasteiger partial charge in [-0.3, -0.25) is 0 Å². The highest BCUT2D eigenvalue weighted by Crippen LogP contribution is 2.36. The van der Waals surface area contributed by atoms with Crippen molar-refractivity contribution in [2.45, 2.75) is 51.7 Å². The molecule has 0 bridgehead atoms. The fraction of sp³-hybridized carbons (Fsp3) is 0.571. The largest absolute Gasteiger partial charge is 0.488 e. The van der Waals surface area contributed by atoms with Crippen LogP contribution in [0, 0.1) is 12.8 Å². The fourth-order valence-electron chi connectivity index (χ4n) is 5.40. The number of hydrogen-bond donors (Lipinski definition) is 1. The van der Waals surface area contributed by atoms with Gasteiger partial charge >= 0.3 is 0 Å². The van der Waals surface area contributed by atoms with Crippen molar-refractivity contribution in [3.63, 3.8) is 0 Å². The second-order valence-electron chi connectivity index (χ2n) is 10.7. The zero-order chi connectivity index (χ0) is 24.5. The summed E-state index contributed by atoms with van der Waals surface area (Å²) in [4.78, 5) is 14.5. The number of nitrogens with one attached hydrogen (secondary N) is 1. The number of aryl methyl sites for hydroxylation is 1. The highest BCUT2D eigenvalue weighted by atomic mass is 16.5. The number of fused-ring (bicyclic) bond motifs is 1. The highest BCUT2D eigenvalue weighted by Gasteiger charge is 2.23. The number of benzene rings is 1. The predicted molar refractivity (Wildman–Crippen MR) is 144 cm³/mol. The molecule has 2 aromatic heterocycles. The maximum Gasteiger partial charge on any atom is 0.229 e. The molecule has 2 saturated heterocycles. The van der Waals surface area contributed by atoms with E-state index in [1.807, 2.05) is 6.20 Å². The molecule has 1 aromatic carbocycles. The average Bonchev–Trinajstić information content (AvgIpc) is 3.17. The number of ether oxygens (including phenoxy) is 2. The first-order valence-corrected chi connectivity index (χ1v) is 13.5. The second-order valence-corrected chi connectivity index (χ2v) is 10.7. The van der Waals surface area contributed by atoms with Crippen molar-refractivity contribution in [1.82, 2.24) is 19.4 Å². The number of nitrogens with zero attached hydrogens (tertiary/aromatic N) is 5. The van der Waals surface area contributed by atoms with E-state index in [-0.39, 0.29) is 0 Å². The minimum atomic E-state index is 0.302. The summed E-state index contributed by atoms with van der Waals surface area (Å²) < 4.78 is 14.3. The minimum Gasteiger partial charge on any atom is -0.488 e. The van der Waals surface area contributed by atoms with Crippen LogP contribution in [0.5, 0.6) is 5.75 Å². The molecule has 0 unspecified atom stereocenters. The van der Waals surface area contributed by atoms with Crippen molar-refractivity contribution in [2.75, 3.05) is 56.7 Å². The van der Waals surface area contributed by atoms with Gasteiger partial charge in [-0.1, -0.05) is 0 Å². The molecule has 2 aliphatic heterocycles. The smallest absolute Gasteiger partial charge is 0.229 e. The zero-order valence-corrected chi connectivity index (χ0v) is 21.6. The quantitative estimate of drug-likeness (QED) is 0.519. The van der Waals surface area contributed by atoms with E-state index in [1.165, 1.54) is 17.7 Å². The lowest BCUT2D eigenvalue weighted by molar-refractivity contribution is 0.0616. The summed E-state index contributed by atoms with van der Waals surface area (Å²) in [7, 11) is 2.19. The average molecular weight is 491 g/mol. The lowest BCUT2D eigenvalue weighted by atomic mass is 9.96.